The van der Waals surface area contributed by atoms with E-state index >= 15 is 0 Å². The van der Waals surface area contributed by atoms with E-state index in [1.165, 1.54) is 18.6 Å². The summed E-state index contributed by atoms with van der Waals surface area (Å²) in [6.45, 7) is 0. The highest BCUT2D eigenvalue weighted by atomic mass is 35.5. The number of aromatic nitrogens is 5. The highest BCUT2D eigenvalue weighted by Gasteiger charge is 2.11. The largest absolute Gasteiger partial charge is 0.409 e. The van der Waals surface area contributed by atoms with Crippen LogP contribution in [0.5, 0.6) is 0 Å². The third kappa shape index (κ3) is 3.32. The van der Waals surface area contributed by atoms with Crippen molar-refractivity contribution >= 4 is 29.3 Å². The van der Waals surface area contributed by atoms with E-state index in [2.05, 4.69) is 35.6 Å². The fourth-order valence-electron chi connectivity index (χ4n) is 1.57. The topological polar surface area (TPSA) is 148 Å². The summed E-state index contributed by atoms with van der Waals surface area (Å²) in [6, 6.07) is 3.45. The first-order chi connectivity index (χ1) is 11.2. The van der Waals surface area contributed by atoms with Crippen molar-refractivity contribution in [1.82, 2.24) is 25.1 Å². The lowest BCUT2D eigenvalue weighted by Gasteiger charge is -2.00. The van der Waals surface area contributed by atoms with Crippen molar-refractivity contribution in [3.8, 4) is 11.5 Å². The van der Waals surface area contributed by atoms with Gasteiger partial charge in [-0.25, -0.2) is 9.97 Å². The molecule has 0 bridgehead atoms. The Kier molecular flexibility index (Phi) is 3.97. The lowest BCUT2D eigenvalue weighted by Crippen LogP contribution is -2.15. The van der Waals surface area contributed by atoms with E-state index in [0.717, 1.165) is 0 Å². The molecular formula is C12H9ClN8O2. The van der Waals surface area contributed by atoms with E-state index in [0.29, 0.717) is 22.4 Å². The van der Waals surface area contributed by atoms with Gasteiger partial charge in [-0.1, -0.05) is 21.9 Å². The fraction of sp³-hybridized carbons (Fsp3) is 0. The predicted octanol–water partition coefficient (Wildman–Crippen LogP) is 1.41. The van der Waals surface area contributed by atoms with Gasteiger partial charge in [0.1, 0.15) is 11.4 Å². The maximum atomic E-state index is 8.55. The van der Waals surface area contributed by atoms with Gasteiger partial charge in [0.25, 0.3) is 0 Å². The van der Waals surface area contributed by atoms with Gasteiger partial charge in [0, 0.05) is 6.20 Å². The molecule has 0 radical (unpaired) electrons. The zero-order valence-corrected chi connectivity index (χ0v) is 12.1. The lowest BCUT2D eigenvalue weighted by molar-refractivity contribution is 0.318. The minimum atomic E-state index is -0.141. The Morgan fingerprint density at radius 1 is 1.22 bits per heavy atom. The number of nitrogens with one attached hydrogen (secondary N) is 1. The van der Waals surface area contributed by atoms with Crippen LogP contribution in [0.4, 0.5) is 11.8 Å². The minimum absolute atomic E-state index is 0.114. The molecule has 3 heterocycles. The van der Waals surface area contributed by atoms with Crippen molar-refractivity contribution in [2.24, 2.45) is 10.9 Å². The highest BCUT2D eigenvalue weighted by Crippen LogP contribution is 2.18. The minimum Gasteiger partial charge on any atom is -0.409 e. The van der Waals surface area contributed by atoms with Gasteiger partial charge in [-0.3, -0.25) is 10.3 Å². The molecule has 0 fully saturated rings. The Bertz CT molecular complexity index is 831. The van der Waals surface area contributed by atoms with Crippen LogP contribution in [0.15, 0.2) is 40.4 Å². The molecule has 0 aliphatic carbocycles. The number of nitrogens with zero attached hydrogens (tertiary/aromatic N) is 6. The van der Waals surface area contributed by atoms with Crippen LogP contribution in [0.1, 0.15) is 5.69 Å². The van der Waals surface area contributed by atoms with Crippen molar-refractivity contribution in [2.75, 3.05) is 5.32 Å². The van der Waals surface area contributed by atoms with E-state index in [-0.39, 0.29) is 17.5 Å². The Labute approximate surface area is 134 Å². The number of anilines is 2. The van der Waals surface area contributed by atoms with E-state index < -0.39 is 0 Å². The van der Waals surface area contributed by atoms with Crippen molar-refractivity contribution in [3.05, 3.63) is 41.4 Å². The molecule has 3 rings (SSSR count). The first-order valence-electron chi connectivity index (χ1n) is 6.18. The van der Waals surface area contributed by atoms with Gasteiger partial charge in [0.15, 0.2) is 11.7 Å². The summed E-state index contributed by atoms with van der Waals surface area (Å²) < 4.78 is 5.05. The molecule has 4 N–H and O–H groups in total. The second kappa shape index (κ2) is 6.23. The monoisotopic (exact) mass is 332 g/mol. The van der Waals surface area contributed by atoms with Crippen LogP contribution < -0.4 is 11.1 Å². The summed E-state index contributed by atoms with van der Waals surface area (Å²) in [4.78, 5) is 16.2. The number of amidine groups is 1. The summed E-state index contributed by atoms with van der Waals surface area (Å²) in [5.74, 6) is 0.502. The molecule has 116 valence electrons. The van der Waals surface area contributed by atoms with Crippen LogP contribution in [0.2, 0.25) is 5.02 Å². The van der Waals surface area contributed by atoms with Crippen LogP contribution >= 0.6 is 11.6 Å². The van der Waals surface area contributed by atoms with Crippen LogP contribution in [-0.4, -0.2) is 36.1 Å². The van der Waals surface area contributed by atoms with Crippen molar-refractivity contribution in [3.63, 3.8) is 0 Å². The quantitative estimate of drug-likeness (QED) is 0.279. The number of hydrogen-bond donors (Lipinski definition) is 3. The molecule has 0 amide bonds. The Morgan fingerprint density at radius 2 is 2.09 bits per heavy atom. The van der Waals surface area contributed by atoms with Gasteiger partial charge >= 0.3 is 6.01 Å². The molecule has 10 nitrogen and oxygen atoms in total. The number of nitrogens with two attached hydrogens (primary N) is 1. The van der Waals surface area contributed by atoms with Crippen molar-refractivity contribution in [1.29, 1.82) is 0 Å². The van der Waals surface area contributed by atoms with Gasteiger partial charge in [-0.05, 0) is 12.1 Å². The summed E-state index contributed by atoms with van der Waals surface area (Å²) in [5, 5.41) is 18.5. The molecule has 11 heteroatoms. The molecule has 0 aliphatic rings. The number of pyridine rings is 1. The maximum absolute atomic E-state index is 8.55. The molecule has 23 heavy (non-hydrogen) atoms. The maximum Gasteiger partial charge on any atom is 0.327 e. The second-order valence-electron chi connectivity index (χ2n) is 4.18. The third-order valence-corrected chi connectivity index (χ3v) is 2.86. The van der Waals surface area contributed by atoms with Gasteiger partial charge in [-0.15, -0.1) is 0 Å². The average Bonchev–Trinajstić information content (AvgIpc) is 3.04. The molecule has 0 saturated carbocycles. The standard InChI is InChI=1S/C12H9ClN8O2/c13-6-1-2-7(15-3-6)11-19-12(23-21-11)18-9-5-16-8(4-17-9)10(14)20-22/h1-5,22H,(H2,14,20)(H,17,18,19,21). The number of rotatable bonds is 4. The smallest absolute Gasteiger partial charge is 0.327 e. The fourth-order valence-corrected chi connectivity index (χ4v) is 1.68. The average molecular weight is 333 g/mol. The predicted molar refractivity (Wildman–Crippen MR) is 80.4 cm³/mol. The Hall–Kier alpha value is -3.27. The van der Waals surface area contributed by atoms with Crippen LogP contribution in [0.3, 0.4) is 0 Å². The van der Waals surface area contributed by atoms with Crippen LogP contribution in [-0.2, 0) is 0 Å². The molecule has 0 atom stereocenters. The second-order valence-corrected chi connectivity index (χ2v) is 4.62. The zero-order chi connectivity index (χ0) is 16.2. The molecule has 0 unspecified atom stereocenters. The molecular weight excluding hydrogens is 324 g/mol. The van der Waals surface area contributed by atoms with Gasteiger partial charge < -0.3 is 15.5 Å². The molecule has 3 aromatic rings. The van der Waals surface area contributed by atoms with Gasteiger partial charge in [0.05, 0.1) is 17.4 Å². The van der Waals surface area contributed by atoms with Gasteiger partial charge in [0.2, 0.25) is 5.82 Å². The van der Waals surface area contributed by atoms with E-state index in [1.54, 1.807) is 12.1 Å². The summed E-state index contributed by atoms with van der Waals surface area (Å²) >= 11 is 5.77. The van der Waals surface area contributed by atoms with Crippen LogP contribution in [0, 0.1) is 0 Å². The van der Waals surface area contributed by atoms with Crippen molar-refractivity contribution in [2.45, 2.75) is 0 Å². The summed E-state index contributed by atoms with van der Waals surface area (Å²) in [6.07, 6.45) is 4.19. The summed E-state index contributed by atoms with van der Waals surface area (Å²) in [7, 11) is 0. The molecule has 0 saturated heterocycles. The molecule has 0 aliphatic heterocycles. The SMILES string of the molecule is N/C(=N\O)c1cnc(Nc2nc(-c3ccc(Cl)cn3)no2)cn1. The summed E-state index contributed by atoms with van der Waals surface area (Å²) in [5.41, 5.74) is 6.14. The highest BCUT2D eigenvalue weighted by molar-refractivity contribution is 6.30. The van der Waals surface area contributed by atoms with E-state index in [4.69, 9.17) is 27.1 Å². The van der Waals surface area contributed by atoms with E-state index in [9.17, 15) is 0 Å². The Balaban J connectivity index is 1.75. The molecule has 0 aromatic carbocycles. The van der Waals surface area contributed by atoms with Crippen molar-refractivity contribution < 1.29 is 9.73 Å². The third-order valence-electron chi connectivity index (χ3n) is 2.64. The Morgan fingerprint density at radius 3 is 2.74 bits per heavy atom. The normalized spacial score (nSPS) is 11.4. The number of halogens is 1. The molecule has 0 spiro atoms. The van der Waals surface area contributed by atoms with E-state index in [1.807, 2.05) is 0 Å². The zero-order valence-electron chi connectivity index (χ0n) is 11.4. The van der Waals surface area contributed by atoms with Gasteiger partial charge in [-0.2, -0.15) is 4.98 Å². The first kappa shape index (κ1) is 14.7. The molecule has 3 aromatic heterocycles. The number of oxime groups is 1. The lowest BCUT2D eigenvalue weighted by atomic mass is 10.3. The number of hydrogen-bond acceptors (Lipinski definition) is 9. The first-order valence-corrected chi connectivity index (χ1v) is 6.56. The van der Waals surface area contributed by atoms with Crippen LogP contribution in [0.25, 0.3) is 11.5 Å².